The summed E-state index contributed by atoms with van der Waals surface area (Å²) in [7, 11) is 0. The van der Waals surface area contributed by atoms with E-state index in [1.54, 1.807) is 12.1 Å². The third-order valence-corrected chi connectivity index (χ3v) is 5.73. The summed E-state index contributed by atoms with van der Waals surface area (Å²) in [5, 5.41) is 19.5. The average molecular weight is 264 g/mol. The topological polar surface area (TPSA) is 40.5 Å². The second-order valence-electron chi connectivity index (χ2n) is 6.55. The number of fused-ring (bicyclic) bond motifs is 8. The Morgan fingerprint density at radius 1 is 0.700 bits per heavy atom. The highest BCUT2D eigenvalue weighted by Crippen LogP contribution is 2.67. The second kappa shape index (κ2) is 3.38. The lowest BCUT2D eigenvalue weighted by Crippen LogP contribution is -2.38. The number of benzene rings is 2. The maximum absolute atomic E-state index is 9.74. The van der Waals surface area contributed by atoms with Gasteiger partial charge in [0.25, 0.3) is 0 Å². The molecule has 100 valence electrons. The van der Waals surface area contributed by atoms with Crippen LogP contribution in [0.2, 0.25) is 0 Å². The molecule has 5 rings (SSSR count). The van der Waals surface area contributed by atoms with E-state index in [1.807, 2.05) is 12.1 Å². The van der Waals surface area contributed by atoms with E-state index in [0.717, 1.165) is 12.8 Å². The van der Waals surface area contributed by atoms with Crippen LogP contribution in [0, 0.1) is 11.8 Å². The summed E-state index contributed by atoms with van der Waals surface area (Å²) in [4.78, 5) is 0. The van der Waals surface area contributed by atoms with Crippen molar-refractivity contribution >= 4 is 0 Å². The first kappa shape index (κ1) is 10.8. The van der Waals surface area contributed by atoms with Crippen LogP contribution in [0.5, 0.6) is 11.5 Å². The summed E-state index contributed by atoms with van der Waals surface area (Å²) in [5.41, 5.74) is 5.56. The standard InChI is InChI=1S/C18H16O2/c19-11-3-1-9-5-15-17(13(9)7-11)16-6-10-2-4-12(20)8-14(10)18(15)16/h1-4,7-8,15-20H,5-6H2. The van der Waals surface area contributed by atoms with Crippen molar-refractivity contribution in [1.82, 2.24) is 0 Å². The number of phenolic OH excluding ortho intramolecular Hbond substituents is 2. The third kappa shape index (κ3) is 1.16. The number of phenols is 2. The number of hydrogen-bond acceptors (Lipinski definition) is 2. The minimum Gasteiger partial charge on any atom is -0.508 e. The predicted molar refractivity (Wildman–Crippen MR) is 76.1 cm³/mol. The maximum Gasteiger partial charge on any atom is 0.115 e. The molecule has 0 bridgehead atoms. The Bertz CT molecular complexity index is 663. The van der Waals surface area contributed by atoms with Crippen molar-refractivity contribution in [2.45, 2.75) is 24.7 Å². The van der Waals surface area contributed by atoms with Crippen LogP contribution in [0.25, 0.3) is 0 Å². The first-order valence-corrected chi connectivity index (χ1v) is 7.36. The normalized spacial score (nSPS) is 32.0. The molecule has 0 spiro atoms. The summed E-state index contributed by atoms with van der Waals surface area (Å²) >= 11 is 0. The van der Waals surface area contributed by atoms with Gasteiger partial charge in [0.2, 0.25) is 0 Å². The van der Waals surface area contributed by atoms with Gasteiger partial charge < -0.3 is 10.2 Å². The fourth-order valence-corrected chi connectivity index (χ4v) is 5.03. The van der Waals surface area contributed by atoms with E-state index < -0.39 is 0 Å². The molecule has 0 saturated heterocycles. The molecular formula is C18H16O2. The van der Waals surface area contributed by atoms with E-state index in [2.05, 4.69) is 12.1 Å². The van der Waals surface area contributed by atoms with E-state index in [9.17, 15) is 10.2 Å². The van der Waals surface area contributed by atoms with Gasteiger partial charge in [0.05, 0.1) is 0 Å². The van der Waals surface area contributed by atoms with Crippen LogP contribution >= 0.6 is 0 Å². The molecule has 3 aliphatic rings. The van der Waals surface area contributed by atoms with Crippen molar-refractivity contribution in [3.05, 3.63) is 58.7 Å². The monoisotopic (exact) mass is 264 g/mol. The minimum absolute atomic E-state index is 0.390. The Morgan fingerprint density at radius 3 is 1.60 bits per heavy atom. The van der Waals surface area contributed by atoms with Gasteiger partial charge in [-0.3, -0.25) is 0 Å². The Morgan fingerprint density at radius 2 is 1.15 bits per heavy atom. The van der Waals surface area contributed by atoms with Crippen molar-refractivity contribution in [3.8, 4) is 11.5 Å². The Hall–Kier alpha value is -1.96. The van der Waals surface area contributed by atoms with Gasteiger partial charge in [-0.05, 0) is 83.0 Å². The van der Waals surface area contributed by atoms with Crippen LogP contribution in [-0.4, -0.2) is 10.2 Å². The molecule has 2 aromatic rings. The largest absolute Gasteiger partial charge is 0.508 e. The second-order valence-corrected chi connectivity index (χ2v) is 6.55. The van der Waals surface area contributed by atoms with Gasteiger partial charge in [-0.25, -0.2) is 0 Å². The molecule has 0 amide bonds. The molecule has 2 aromatic carbocycles. The van der Waals surface area contributed by atoms with Crippen LogP contribution in [0.3, 0.4) is 0 Å². The molecule has 2 heteroatoms. The van der Waals surface area contributed by atoms with E-state index in [1.165, 1.54) is 22.3 Å². The fraction of sp³-hybridized carbons (Fsp3) is 0.333. The lowest BCUT2D eigenvalue weighted by molar-refractivity contribution is 0.128. The molecule has 0 heterocycles. The van der Waals surface area contributed by atoms with E-state index >= 15 is 0 Å². The van der Waals surface area contributed by atoms with Gasteiger partial charge in [-0.15, -0.1) is 0 Å². The zero-order valence-electron chi connectivity index (χ0n) is 11.1. The lowest BCUT2D eigenvalue weighted by Gasteiger charge is -2.46. The molecule has 0 atom stereocenters. The first-order valence-electron chi connectivity index (χ1n) is 7.36. The van der Waals surface area contributed by atoms with Crippen LogP contribution in [0.1, 0.15) is 34.1 Å². The smallest absolute Gasteiger partial charge is 0.115 e. The number of hydrogen-bond donors (Lipinski definition) is 2. The summed E-state index contributed by atoms with van der Waals surface area (Å²) in [5.74, 6) is 3.33. The van der Waals surface area contributed by atoms with Gasteiger partial charge in [0.1, 0.15) is 11.5 Å². The molecule has 20 heavy (non-hydrogen) atoms. The molecule has 2 N–H and O–H groups in total. The number of aromatic hydroxyl groups is 2. The Labute approximate surface area is 117 Å². The summed E-state index contributed by atoms with van der Waals surface area (Å²) < 4.78 is 0. The summed E-state index contributed by atoms with van der Waals surface area (Å²) in [6, 6.07) is 11.7. The van der Waals surface area contributed by atoms with E-state index in [4.69, 9.17) is 0 Å². The SMILES string of the molecule is Oc1ccc2c(c1)C1C(C2)C2c3cc(O)ccc3CC12. The zero-order valence-corrected chi connectivity index (χ0v) is 11.1. The molecule has 0 unspecified atom stereocenters. The maximum atomic E-state index is 9.74. The summed E-state index contributed by atoms with van der Waals surface area (Å²) in [6.45, 7) is 0. The van der Waals surface area contributed by atoms with Gasteiger partial charge in [0.15, 0.2) is 0 Å². The molecule has 0 radical (unpaired) electrons. The van der Waals surface area contributed by atoms with Crippen molar-refractivity contribution in [2.75, 3.05) is 0 Å². The van der Waals surface area contributed by atoms with Crippen LogP contribution in [-0.2, 0) is 12.8 Å². The summed E-state index contributed by atoms with van der Waals surface area (Å²) in [6.07, 6.45) is 2.24. The van der Waals surface area contributed by atoms with Crippen LogP contribution in [0.4, 0.5) is 0 Å². The van der Waals surface area contributed by atoms with Crippen molar-refractivity contribution in [1.29, 1.82) is 0 Å². The lowest BCUT2D eigenvalue weighted by atomic mass is 9.57. The third-order valence-electron chi connectivity index (χ3n) is 5.73. The molecule has 3 aliphatic carbocycles. The van der Waals surface area contributed by atoms with Crippen molar-refractivity contribution < 1.29 is 10.2 Å². The fourth-order valence-electron chi connectivity index (χ4n) is 5.03. The van der Waals surface area contributed by atoms with E-state index in [0.29, 0.717) is 35.2 Å². The van der Waals surface area contributed by atoms with Gasteiger partial charge >= 0.3 is 0 Å². The Kier molecular flexibility index (Phi) is 1.82. The highest BCUT2D eigenvalue weighted by atomic mass is 16.3. The number of rotatable bonds is 0. The van der Waals surface area contributed by atoms with Gasteiger partial charge in [-0.1, -0.05) is 12.1 Å². The highest BCUT2D eigenvalue weighted by molar-refractivity contribution is 5.52. The van der Waals surface area contributed by atoms with Gasteiger partial charge in [-0.2, -0.15) is 0 Å². The molecule has 0 aromatic heterocycles. The van der Waals surface area contributed by atoms with E-state index in [-0.39, 0.29) is 0 Å². The molecule has 0 aliphatic heterocycles. The quantitative estimate of drug-likeness (QED) is 0.766. The Balaban J connectivity index is 1.59. The average Bonchev–Trinajstić information content (AvgIpc) is 2.87. The predicted octanol–water partition coefficient (Wildman–Crippen LogP) is 3.32. The van der Waals surface area contributed by atoms with Crippen LogP contribution in [0.15, 0.2) is 36.4 Å². The minimum atomic E-state index is 0.390. The first-order chi connectivity index (χ1) is 9.72. The molecule has 1 fully saturated rings. The molecule has 2 nitrogen and oxygen atoms in total. The zero-order chi connectivity index (χ0) is 13.4. The highest BCUT2D eigenvalue weighted by Gasteiger charge is 2.57. The molecular weight excluding hydrogens is 248 g/mol. The van der Waals surface area contributed by atoms with Gasteiger partial charge in [0, 0.05) is 0 Å². The van der Waals surface area contributed by atoms with Crippen molar-refractivity contribution in [3.63, 3.8) is 0 Å². The van der Waals surface area contributed by atoms with Crippen LogP contribution < -0.4 is 0 Å². The molecule has 1 saturated carbocycles. The van der Waals surface area contributed by atoms with Crippen molar-refractivity contribution in [2.24, 2.45) is 11.8 Å².